The third-order valence-corrected chi connectivity index (χ3v) is 4.83. The van der Waals surface area contributed by atoms with Gasteiger partial charge in [-0.3, -0.25) is 4.79 Å². The van der Waals surface area contributed by atoms with Gasteiger partial charge in [0, 0.05) is 4.47 Å². The molecule has 0 saturated carbocycles. The smallest absolute Gasteiger partial charge is 0.237 e. The minimum atomic E-state index is -0.416. The monoisotopic (exact) mass is 324 g/mol. The van der Waals surface area contributed by atoms with Gasteiger partial charge in [0.25, 0.3) is 0 Å². The van der Waals surface area contributed by atoms with Crippen molar-refractivity contribution in [1.29, 1.82) is 0 Å². The molecule has 1 amide bonds. The van der Waals surface area contributed by atoms with Crippen LogP contribution in [0.15, 0.2) is 22.7 Å². The normalized spacial score (nSPS) is 20.7. The van der Waals surface area contributed by atoms with Gasteiger partial charge < -0.3 is 11.1 Å². The number of carbonyl (C=O) groups excluding carboxylic acids is 1. The Morgan fingerprint density at radius 3 is 3.00 bits per heavy atom. The molecule has 0 bridgehead atoms. The Kier molecular flexibility index (Phi) is 4.63. The number of hydrogen-bond acceptors (Lipinski definition) is 2. The van der Waals surface area contributed by atoms with Crippen LogP contribution in [0.2, 0.25) is 0 Å². The summed E-state index contributed by atoms with van der Waals surface area (Å²) in [5.41, 5.74) is 8.51. The van der Waals surface area contributed by atoms with Crippen molar-refractivity contribution < 1.29 is 4.79 Å². The molecule has 0 radical (unpaired) electrons. The lowest BCUT2D eigenvalue weighted by atomic mass is 9.98. The summed E-state index contributed by atoms with van der Waals surface area (Å²) in [5.74, 6) is 0.176. The summed E-state index contributed by atoms with van der Waals surface area (Å²) in [4.78, 5) is 12.1. The van der Waals surface area contributed by atoms with Crippen LogP contribution in [-0.4, -0.2) is 11.9 Å². The number of carbonyl (C=O) groups is 1. The Balaban J connectivity index is 2.07. The molecular formula is C15H21BrN2O. The van der Waals surface area contributed by atoms with Crippen LogP contribution in [-0.2, 0) is 11.2 Å². The fourth-order valence-electron chi connectivity index (χ4n) is 2.54. The summed E-state index contributed by atoms with van der Waals surface area (Å²) in [6.07, 6.45) is 2.87. The Morgan fingerprint density at radius 1 is 1.58 bits per heavy atom. The molecule has 0 aliphatic heterocycles. The Morgan fingerprint density at radius 2 is 2.32 bits per heavy atom. The fourth-order valence-corrected chi connectivity index (χ4v) is 3.12. The summed E-state index contributed by atoms with van der Waals surface area (Å²) >= 11 is 3.57. The minimum absolute atomic E-state index is 0.0350. The van der Waals surface area contributed by atoms with Crippen LogP contribution in [0.3, 0.4) is 0 Å². The van der Waals surface area contributed by atoms with Gasteiger partial charge in [-0.1, -0.05) is 48.3 Å². The van der Waals surface area contributed by atoms with E-state index in [2.05, 4.69) is 34.2 Å². The van der Waals surface area contributed by atoms with Crippen LogP contribution >= 0.6 is 15.9 Å². The highest BCUT2D eigenvalue weighted by atomic mass is 79.9. The van der Waals surface area contributed by atoms with E-state index >= 15 is 0 Å². The fraction of sp³-hybridized carbons (Fsp3) is 0.533. The maximum atomic E-state index is 12.1. The quantitative estimate of drug-likeness (QED) is 0.894. The van der Waals surface area contributed by atoms with Crippen LogP contribution in [0.5, 0.6) is 0 Å². The van der Waals surface area contributed by atoms with Crippen LogP contribution in [0.4, 0.5) is 0 Å². The van der Waals surface area contributed by atoms with E-state index in [4.69, 9.17) is 5.73 Å². The zero-order chi connectivity index (χ0) is 14.0. The molecule has 0 spiro atoms. The molecule has 19 heavy (non-hydrogen) atoms. The summed E-state index contributed by atoms with van der Waals surface area (Å²) < 4.78 is 1.13. The highest BCUT2D eigenvalue weighted by molar-refractivity contribution is 9.10. The largest absolute Gasteiger partial charge is 0.348 e. The molecule has 1 aliphatic carbocycles. The maximum absolute atomic E-state index is 12.1. The summed E-state index contributed by atoms with van der Waals surface area (Å²) in [6, 6.07) is 5.85. The standard InChI is InChI=1S/C15H21BrN2O/c1-3-9(2)14(17)15(19)18-13-8-7-10-11(13)5-4-6-12(10)16/h4-6,9,13-14H,3,7-8,17H2,1-2H3,(H,18,19). The van der Waals surface area contributed by atoms with Crippen molar-refractivity contribution >= 4 is 21.8 Å². The van der Waals surface area contributed by atoms with Gasteiger partial charge >= 0.3 is 0 Å². The van der Waals surface area contributed by atoms with E-state index < -0.39 is 6.04 Å². The van der Waals surface area contributed by atoms with Crippen LogP contribution in [0, 0.1) is 5.92 Å². The van der Waals surface area contributed by atoms with E-state index in [0.29, 0.717) is 0 Å². The van der Waals surface area contributed by atoms with Crippen LogP contribution in [0.1, 0.15) is 43.9 Å². The molecule has 3 unspecified atom stereocenters. The van der Waals surface area contributed by atoms with Gasteiger partial charge in [0.15, 0.2) is 0 Å². The number of hydrogen-bond donors (Lipinski definition) is 2. The summed E-state index contributed by atoms with van der Waals surface area (Å²) in [6.45, 7) is 4.07. The predicted octanol–water partition coefficient (Wildman–Crippen LogP) is 2.93. The average molecular weight is 325 g/mol. The second-order valence-corrected chi connectivity index (χ2v) is 6.17. The molecule has 1 aromatic rings. The first-order valence-corrected chi connectivity index (χ1v) is 7.67. The Bertz CT molecular complexity index is 475. The lowest BCUT2D eigenvalue weighted by molar-refractivity contribution is -0.124. The van der Waals surface area contributed by atoms with Crippen molar-refractivity contribution in [2.45, 2.75) is 45.2 Å². The molecule has 1 aliphatic rings. The highest BCUT2D eigenvalue weighted by Gasteiger charge is 2.28. The second-order valence-electron chi connectivity index (χ2n) is 5.32. The van der Waals surface area contributed by atoms with Crippen molar-refractivity contribution in [2.24, 2.45) is 11.7 Å². The summed E-state index contributed by atoms with van der Waals surface area (Å²) in [7, 11) is 0. The number of fused-ring (bicyclic) bond motifs is 1. The highest BCUT2D eigenvalue weighted by Crippen LogP contribution is 2.35. The molecule has 104 valence electrons. The topological polar surface area (TPSA) is 55.1 Å². The zero-order valence-corrected chi connectivity index (χ0v) is 13.0. The number of amides is 1. The van der Waals surface area contributed by atoms with Crippen LogP contribution < -0.4 is 11.1 Å². The van der Waals surface area contributed by atoms with E-state index in [0.717, 1.165) is 23.7 Å². The Labute approximate surface area is 123 Å². The van der Waals surface area contributed by atoms with Crippen molar-refractivity contribution in [3.05, 3.63) is 33.8 Å². The van der Waals surface area contributed by atoms with E-state index in [1.54, 1.807) is 0 Å². The second kappa shape index (κ2) is 6.06. The first kappa shape index (κ1) is 14.5. The number of nitrogens with one attached hydrogen (secondary N) is 1. The van der Waals surface area contributed by atoms with E-state index in [1.165, 1.54) is 11.1 Å². The molecule has 0 fully saturated rings. The molecule has 3 nitrogen and oxygen atoms in total. The van der Waals surface area contributed by atoms with Gasteiger partial charge in [0.2, 0.25) is 5.91 Å². The molecule has 0 saturated heterocycles. The average Bonchev–Trinajstić information content (AvgIpc) is 2.81. The molecule has 1 aromatic carbocycles. The number of rotatable bonds is 4. The van der Waals surface area contributed by atoms with Crippen molar-refractivity contribution in [2.75, 3.05) is 0 Å². The van der Waals surface area contributed by atoms with Gasteiger partial charge in [-0.15, -0.1) is 0 Å². The molecule has 0 aromatic heterocycles. The van der Waals surface area contributed by atoms with Gasteiger partial charge in [0.05, 0.1) is 12.1 Å². The lowest BCUT2D eigenvalue weighted by Gasteiger charge is -2.21. The summed E-state index contributed by atoms with van der Waals surface area (Å²) in [5, 5.41) is 3.09. The van der Waals surface area contributed by atoms with Gasteiger partial charge in [-0.25, -0.2) is 0 Å². The van der Waals surface area contributed by atoms with Crippen molar-refractivity contribution in [1.82, 2.24) is 5.32 Å². The van der Waals surface area contributed by atoms with Gasteiger partial charge in [-0.05, 0) is 36.0 Å². The van der Waals surface area contributed by atoms with E-state index in [-0.39, 0.29) is 17.9 Å². The molecular weight excluding hydrogens is 304 g/mol. The number of benzene rings is 1. The third-order valence-electron chi connectivity index (χ3n) is 4.09. The van der Waals surface area contributed by atoms with Crippen molar-refractivity contribution in [3.8, 4) is 0 Å². The first-order valence-electron chi connectivity index (χ1n) is 6.87. The van der Waals surface area contributed by atoms with Gasteiger partial charge in [-0.2, -0.15) is 0 Å². The predicted molar refractivity (Wildman–Crippen MR) is 80.8 cm³/mol. The lowest BCUT2D eigenvalue weighted by Crippen LogP contribution is -2.45. The van der Waals surface area contributed by atoms with E-state index in [1.807, 2.05) is 19.1 Å². The molecule has 4 heteroatoms. The number of nitrogens with two attached hydrogens (primary N) is 1. The number of halogens is 1. The van der Waals surface area contributed by atoms with Crippen molar-refractivity contribution in [3.63, 3.8) is 0 Å². The molecule has 3 N–H and O–H groups in total. The van der Waals surface area contributed by atoms with Crippen LogP contribution in [0.25, 0.3) is 0 Å². The van der Waals surface area contributed by atoms with E-state index in [9.17, 15) is 4.79 Å². The molecule has 2 rings (SSSR count). The zero-order valence-electron chi connectivity index (χ0n) is 11.4. The molecule has 3 atom stereocenters. The SMILES string of the molecule is CCC(C)C(N)C(=O)NC1CCc2c(Br)cccc21. The van der Waals surface area contributed by atoms with Gasteiger partial charge in [0.1, 0.15) is 0 Å². The Hall–Kier alpha value is -0.870. The minimum Gasteiger partial charge on any atom is -0.348 e. The molecule has 0 heterocycles. The third kappa shape index (κ3) is 3.00. The maximum Gasteiger partial charge on any atom is 0.237 e. The first-order chi connectivity index (χ1) is 9.04.